The highest BCUT2D eigenvalue weighted by Gasteiger charge is 2.11. The molecule has 0 radical (unpaired) electrons. The van der Waals surface area contributed by atoms with Gasteiger partial charge in [-0.05, 0) is 6.07 Å². The molecule has 16 heavy (non-hydrogen) atoms. The quantitative estimate of drug-likeness (QED) is 0.875. The van der Waals surface area contributed by atoms with Gasteiger partial charge >= 0.3 is 5.97 Å². The van der Waals surface area contributed by atoms with Gasteiger partial charge in [-0.15, -0.1) is 0 Å². The largest absolute Gasteiger partial charge is 0.481 e. The molecule has 1 heterocycles. The summed E-state index contributed by atoms with van der Waals surface area (Å²) in [5.74, 6) is -2.06. The summed E-state index contributed by atoms with van der Waals surface area (Å²) < 4.78 is 31.2. The molecule has 84 valence electrons. The monoisotopic (exact) mass is 226 g/mol. The van der Waals surface area contributed by atoms with Gasteiger partial charge in [-0.1, -0.05) is 0 Å². The Morgan fingerprint density at radius 2 is 2.06 bits per heavy atom. The van der Waals surface area contributed by atoms with Crippen LogP contribution >= 0.6 is 0 Å². The lowest BCUT2D eigenvalue weighted by Gasteiger charge is -1.91. The molecule has 1 N–H and O–H groups in total. The van der Waals surface area contributed by atoms with Gasteiger partial charge in [0.15, 0.2) is 0 Å². The first kappa shape index (κ1) is 10.6. The highest BCUT2D eigenvalue weighted by Crippen LogP contribution is 2.24. The molecule has 3 nitrogen and oxygen atoms in total. The number of aryl methyl sites for hydroxylation is 1. The van der Waals surface area contributed by atoms with Gasteiger partial charge in [-0.2, -0.15) is 0 Å². The summed E-state index contributed by atoms with van der Waals surface area (Å²) >= 11 is 0. The van der Waals surface area contributed by atoms with Gasteiger partial charge in [0.05, 0.1) is 11.8 Å². The van der Waals surface area contributed by atoms with E-state index in [4.69, 9.17) is 9.52 Å². The Labute approximate surface area is 89.3 Å². The van der Waals surface area contributed by atoms with Crippen LogP contribution in [0.25, 0.3) is 11.0 Å². The van der Waals surface area contributed by atoms with E-state index < -0.39 is 17.6 Å². The lowest BCUT2D eigenvalue weighted by molar-refractivity contribution is -0.137. The number of halogens is 2. The Hall–Kier alpha value is -1.91. The van der Waals surface area contributed by atoms with Gasteiger partial charge in [-0.3, -0.25) is 4.79 Å². The Bertz CT molecular complexity index is 545. The van der Waals surface area contributed by atoms with E-state index in [0.29, 0.717) is 5.76 Å². The fourth-order valence-corrected chi connectivity index (χ4v) is 1.47. The molecule has 0 spiro atoms. The lowest BCUT2D eigenvalue weighted by atomic mass is 10.2. The minimum absolute atomic E-state index is 0.0953. The van der Waals surface area contributed by atoms with Gasteiger partial charge in [0, 0.05) is 18.6 Å². The van der Waals surface area contributed by atoms with Crippen LogP contribution in [0.5, 0.6) is 0 Å². The van der Waals surface area contributed by atoms with Crippen LogP contribution in [-0.2, 0) is 11.2 Å². The average molecular weight is 226 g/mol. The molecule has 1 aromatic heterocycles. The fraction of sp³-hybridized carbons (Fsp3) is 0.182. The molecule has 0 atom stereocenters. The van der Waals surface area contributed by atoms with E-state index >= 15 is 0 Å². The van der Waals surface area contributed by atoms with Crippen LogP contribution in [0.3, 0.4) is 0 Å². The summed E-state index contributed by atoms with van der Waals surface area (Å²) in [6, 6.07) is 3.23. The Balaban J connectivity index is 2.36. The minimum Gasteiger partial charge on any atom is -0.481 e. The second kappa shape index (κ2) is 3.92. The SMILES string of the molecule is O=C(O)CCc1cc2c(F)cc(F)cc2o1. The van der Waals surface area contributed by atoms with Crippen molar-refractivity contribution in [2.75, 3.05) is 0 Å². The number of aliphatic carboxylic acids is 1. The van der Waals surface area contributed by atoms with Crippen molar-refractivity contribution in [3.8, 4) is 0 Å². The number of rotatable bonds is 3. The molecular formula is C11H8F2O3. The number of fused-ring (bicyclic) bond motifs is 1. The van der Waals surface area contributed by atoms with E-state index in [9.17, 15) is 13.6 Å². The maximum atomic E-state index is 13.2. The summed E-state index contributed by atoms with van der Waals surface area (Å²) in [7, 11) is 0. The van der Waals surface area contributed by atoms with E-state index in [1.165, 1.54) is 6.07 Å². The molecule has 5 heteroatoms. The van der Waals surface area contributed by atoms with Crippen LogP contribution in [0.4, 0.5) is 8.78 Å². The van der Waals surface area contributed by atoms with Crippen LogP contribution in [0, 0.1) is 11.6 Å². The predicted octanol–water partition coefficient (Wildman–Crippen LogP) is 2.73. The topological polar surface area (TPSA) is 50.4 Å². The first-order chi connectivity index (χ1) is 7.56. The molecule has 0 unspecified atom stereocenters. The second-order valence-corrected chi connectivity index (χ2v) is 3.41. The zero-order valence-electron chi connectivity index (χ0n) is 8.17. The fourth-order valence-electron chi connectivity index (χ4n) is 1.47. The molecule has 0 aliphatic rings. The molecule has 0 amide bonds. The van der Waals surface area contributed by atoms with Crippen LogP contribution in [0.1, 0.15) is 12.2 Å². The van der Waals surface area contributed by atoms with E-state index in [2.05, 4.69) is 0 Å². The third kappa shape index (κ3) is 2.03. The summed E-state index contributed by atoms with van der Waals surface area (Å²) in [6.07, 6.45) is 0.0506. The Morgan fingerprint density at radius 1 is 1.31 bits per heavy atom. The van der Waals surface area contributed by atoms with Crippen molar-refractivity contribution in [2.24, 2.45) is 0 Å². The molecule has 2 rings (SSSR count). The van der Waals surface area contributed by atoms with Crippen molar-refractivity contribution in [2.45, 2.75) is 12.8 Å². The van der Waals surface area contributed by atoms with Gasteiger partial charge < -0.3 is 9.52 Å². The number of furan rings is 1. The molecule has 0 aliphatic carbocycles. The summed E-state index contributed by atoms with van der Waals surface area (Å²) in [6.45, 7) is 0. The van der Waals surface area contributed by atoms with Crippen molar-refractivity contribution in [3.63, 3.8) is 0 Å². The lowest BCUT2D eigenvalue weighted by Crippen LogP contribution is -1.95. The third-order valence-electron chi connectivity index (χ3n) is 2.19. The average Bonchev–Trinajstić information content (AvgIpc) is 2.57. The molecular weight excluding hydrogens is 218 g/mol. The van der Waals surface area contributed by atoms with Crippen LogP contribution < -0.4 is 0 Å². The molecule has 0 saturated carbocycles. The number of carboxylic acids is 1. The minimum atomic E-state index is -0.966. The second-order valence-electron chi connectivity index (χ2n) is 3.41. The number of benzene rings is 1. The first-order valence-corrected chi connectivity index (χ1v) is 4.65. The van der Waals surface area contributed by atoms with Crippen molar-refractivity contribution >= 4 is 16.9 Å². The third-order valence-corrected chi connectivity index (χ3v) is 2.19. The summed E-state index contributed by atoms with van der Waals surface area (Å²) in [4.78, 5) is 10.3. The number of carboxylic acid groups (broad SMARTS) is 1. The molecule has 0 bridgehead atoms. The first-order valence-electron chi connectivity index (χ1n) is 4.65. The Morgan fingerprint density at radius 3 is 2.75 bits per heavy atom. The van der Waals surface area contributed by atoms with Crippen molar-refractivity contribution < 1.29 is 23.1 Å². The highest BCUT2D eigenvalue weighted by atomic mass is 19.1. The zero-order chi connectivity index (χ0) is 11.7. The van der Waals surface area contributed by atoms with Crippen LogP contribution in [0.15, 0.2) is 22.6 Å². The van der Waals surface area contributed by atoms with E-state index in [1.54, 1.807) is 0 Å². The van der Waals surface area contributed by atoms with Gasteiger partial charge in [0.2, 0.25) is 0 Å². The number of carbonyl (C=O) groups is 1. The maximum Gasteiger partial charge on any atom is 0.303 e. The molecule has 0 aliphatic heterocycles. The van der Waals surface area contributed by atoms with E-state index in [0.717, 1.165) is 12.1 Å². The van der Waals surface area contributed by atoms with Gasteiger partial charge in [0.1, 0.15) is 23.0 Å². The molecule has 0 fully saturated rings. The van der Waals surface area contributed by atoms with Crippen LogP contribution in [0.2, 0.25) is 0 Å². The van der Waals surface area contributed by atoms with E-state index in [1.807, 2.05) is 0 Å². The summed E-state index contributed by atoms with van der Waals surface area (Å²) in [5.41, 5.74) is 0.0953. The van der Waals surface area contributed by atoms with Crippen molar-refractivity contribution in [3.05, 3.63) is 35.6 Å². The highest BCUT2D eigenvalue weighted by molar-refractivity contribution is 5.78. The van der Waals surface area contributed by atoms with Gasteiger partial charge in [0.25, 0.3) is 0 Å². The van der Waals surface area contributed by atoms with Gasteiger partial charge in [-0.25, -0.2) is 8.78 Å². The molecule has 1 aromatic carbocycles. The van der Waals surface area contributed by atoms with E-state index in [-0.39, 0.29) is 23.8 Å². The standard InChI is InChI=1S/C11H8F2O3/c12-6-3-9(13)8-5-7(1-2-11(14)15)16-10(8)4-6/h3-5H,1-2H2,(H,14,15). The normalized spacial score (nSPS) is 10.9. The van der Waals surface area contributed by atoms with Crippen molar-refractivity contribution in [1.29, 1.82) is 0 Å². The molecule has 2 aromatic rings. The van der Waals surface area contributed by atoms with Crippen LogP contribution in [-0.4, -0.2) is 11.1 Å². The number of hydrogen-bond donors (Lipinski definition) is 1. The predicted molar refractivity (Wildman–Crippen MR) is 52.1 cm³/mol. The number of hydrogen-bond acceptors (Lipinski definition) is 2. The Kier molecular flexibility index (Phi) is 2.60. The summed E-state index contributed by atoms with van der Waals surface area (Å²) in [5, 5.41) is 8.64. The molecule has 0 saturated heterocycles. The zero-order valence-corrected chi connectivity index (χ0v) is 8.17. The maximum absolute atomic E-state index is 13.2. The van der Waals surface area contributed by atoms with Crippen molar-refractivity contribution in [1.82, 2.24) is 0 Å². The smallest absolute Gasteiger partial charge is 0.303 e.